The van der Waals surface area contributed by atoms with Crippen LogP contribution in [-0.2, 0) is 6.42 Å². The van der Waals surface area contributed by atoms with Gasteiger partial charge in [-0.1, -0.05) is 54.6 Å². The smallest absolute Gasteiger partial charge is 0.251 e. The van der Waals surface area contributed by atoms with Crippen LogP contribution in [0.2, 0.25) is 0 Å². The molecule has 20 heavy (non-hydrogen) atoms. The third-order valence-electron chi connectivity index (χ3n) is 3.18. The van der Waals surface area contributed by atoms with E-state index < -0.39 is 0 Å². The number of aromatic nitrogens is 2. The molecule has 0 saturated carbocycles. The number of carbonyl (C=O) groups is 1. The fraction of sp³-hybridized carbons (Fsp3) is 0.0588. The van der Waals surface area contributed by atoms with E-state index in [2.05, 4.69) is 17.2 Å². The van der Waals surface area contributed by atoms with Crippen molar-refractivity contribution in [1.82, 2.24) is 9.78 Å². The lowest BCUT2D eigenvalue weighted by Crippen LogP contribution is -2.13. The maximum atomic E-state index is 11.9. The highest BCUT2D eigenvalue weighted by Crippen LogP contribution is 2.19. The highest BCUT2D eigenvalue weighted by atomic mass is 16.2. The van der Waals surface area contributed by atoms with Crippen LogP contribution in [0.5, 0.6) is 0 Å². The SMILES string of the molecule is O=C(Cc1ccc(-c2ccccc2)cc1)n1cccn1. The highest BCUT2D eigenvalue weighted by Gasteiger charge is 2.06. The first kappa shape index (κ1) is 12.4. The summed E-state index contributed by atoms with van der Waals surface area (Å²) in [4.78, 5) is 11.9. The summed E-state index contributed by atoms with van der Waals surface area (Å²) in [6.07, 6.45) is 3.63. The number of hydrogen-bond donors (Lipinski definition) is 0. The first-order valence-corrected chi connectivity index (χ1v) is 6.50. The Morgan fingerprint density at radius 1 is 0.900 bits per heavy atom. The third kappa shape index (κ3) is 2.67. The van der Waals surface area contributed by atoms with Crippen LogP contribution in [0, 0.1) is 0 Å². The van der Waals surface area contributed by atoms with E-state index >= 15 is 0 Å². The fourth-order valence-electron chi connectivity index (χ4n) is 2.12. The number of carbonyl (C=O) groups excluding carboxylic acids is 1. The summed E-state index contributed by atoms with van der Waals surface area (Å²) in [6.45, 7) is 0. The lowest BCUT2D eigenvalue weighted by atomic mass is 10.0. The van der Waals surface area contributed by atoms with Crippen molar-refractivity contribution in [2.75, 3.05) is 0 Å². The van der Waals surface area contributed by atoms with Gasteiger partial charge in [-0.3, -0.25) is 4.79 Å². The Balaban J connectivity index is 1.75. The zero-order valence-electron chi connectivity index (χ0n) is 10.9. The monoisotopic (exact) mass is 262 g/mol. The Morgan fingerprint density at radius 3 is 2.25 bits per heavy atom. The van der Waals surface area contributed by atoms with Gasteiger partial charge in [-0.15, -0.1) is 0 Å². The molecule has 0 saturated heterocycles. The van der Waals surface area contributed by atoms with E-state index in [0.717, 1.165) is 11.1 Å². The molecule has 0 radical (unpaired) electrons. The first-order valence-electron chi connectivity index (χ1n) is 6.50. The van der Waals surface area contributed by atoms with E-state index in [9.17, 15) is 4.79 Å². The van der Waals surface area contributed by atoms with Crippen LogP contribution in [0.4, 0.5) is 0 Å². The first-order chi connectivity index (χ1) is 9.83. The van der Waals surface area contributed by atoms with Crippen LogP contribution in [0.15, 0.2) is 73.1 Å². The zero-order valence-corrected chi connectivity index (χ0v) is 10.9. The second kappa shape index (κ2) is 5.53. The lowest BCUT2D eigenvalue weighted by molar-refractivity contribution is 0.0898. The molecule has 0 bridgehead atoms. The predicted octanol–water partition coefficient (Wildman–Crippen LogP) is 3.43. The molecule has 98 valence electrons. The molecule has 3 rings (SSSR count). The quantitative estimate of drug-likeness (QED) is 0.724. The maximum absolute atomic E-state index is 11.9. The van der Waals surface area contributed by atoms with Crippen LogP contribution in [-0.4, -0.2) is 15.7 Å². The van der Waals surface area contributed by atoms with Gasteiger partial charge in [-0.25, -0.2) is 4.68 Å². The van der Waals surface area contributed by atoms with Crippen molar-refractivity contribution in [2.24, 2.45) is 0 Å². The maximum Gasteiger partial charge on any atom is 0.251 e. The summed E-state index contributed by atoms with van der Waals surface area (Å²) < 4.78 is 1.37. The van der Waals surface area contributed by atoms with Gasteiger partial charge in [0, 0.05) is 12.4 Å². The van der Waals surface area contributed by atoms with E-state index in [1.807, 2.05) is 42.5 Å². The second-order valence-electron chi connectivity index (χ2n) is 4.58. The summed E-state index contributed by atoms with van der Waals surface area (Å²) in [5.41, 5.74) is 3.32. The average Bonchev–Trinajstić information content (AvgIpc) is 3.03. The largest absolute Gasteiger partial charge is 0.272 e. The van der Waals surface area contributed by atoms with Crippen molar-refractivity contribution in [3.8, 4) is 11.1 Å². The van der Waals surface area contributed by atoms with E-state index in [1.54, 1.807) is 18.5 Å². The van der Waals surface area contributed by atoms with Crippen molar-refractivity contribution >= 4 is 5.91 Å². The molecule has 0 unspecified atom stereocenters. The molecule has 0 atom stereocenters. The van der Waals surface area contributed by atoms with Crippen LogP contribution in [0.1, 0.15) is 10.4 Å². The van der Waals surface area contributed by atoms with Gasteiger partial charge in [0.2, 0.25) is 0 Å². The van der Waals surface area contributed by atoms with Gasteiger partial charge in [-0.05, 0) is 22.8 Å². The lowest BCUT2D eigenvalue weighted by Gasteiger charge is -2.04. The van der Waals surface area contributed by atoms with Gasteiger partial charge < -0.3 is 0 Å². The molecule has 3 nitrogen and oxygen atoms in total. The minimum atomic E-state index is -0.0255. The van der Waals surface area contributed by atoms with Crippen LogP contribution in [0.25, 0.3) is 11.1 Å². The topological polar surface area (TPSA) is 34.9 Å². The Bertz CT molecular complexity index is 686. The zero-order chi connectivity index (χ0) is 13.8. The minimum absolute atomic E-state index is 0.0255. The predicted molar refractivity (Wildman–Crippen MR) is 78.4 cm³/mol. The van der Waals surface area contributed by atoms with Gasteiger partial charge in [0.1, 0.15) is 0 Å². The molecule has 1 heterocycles. The Hall–Kier alpha value is -2.68. The van der Waals surface area contributed by atoms with Gasteiger partial charge in [0.05, 0.1) is 6.42 Å². The molecule has 0 aliphatic rings. The van der Waals surface area contributed by atoms with Crippen LogP contribution in [0.3, 0.4) is 0 Å². The van der Waals surface area contributed by atoms with E-state index in [-0.39, 0.29) is 5.91 Å². The van der Waals surface area contributed by atoms with Gasteiger partial charge in [0.15, 0.2) is 0 Å². The second-order valence-corrected chi connectivity index (χ2v) is 4.58. The van der Waals surface area contributed by atoms with Crippen molar-refractivity contribution in [1.29, 1.82) is 0 Å². The summed E-state index contributed by atoms with van der Waals surface area (Å²) in [6, 6.07) is 20.0. The van der Waals surface area contributed by atoms with Gasteiger partial charge in [-0.2, -0.15) is 5.10 Å². The number of rotatable bonds is 3. The summed E-state index contributed by atoms with van der Waals surface area (Å²) in [7, 11) is 0. The van der Waals surface area contributed by atoms with Crippen molar-refractivity contribution < 1.29 is 4.79 Å². The Morgan fingerprint density at radius 2 is 1.60 bits per heavy atom. The summed E-state index contributed by atoms with van der Waals surface area (Å²) in [5, 5.41) is 3.94. The molecular weight excluding hydrogens is 248 g/mol. The van der Waals surface area contributed by atoms with Crippen LogP contribution < -0.4 is 0 Å². The molecule has 2 aromatic carbocycles. The number of benzene rings is 2. The molecule has 3 heteroatoms. The fourth-order valence-corrected chi connectivity index (χ4v) is 2.12. The van der Waals surface area contributed by atoms with Crippen LogP contribution >= 0.6 is 0 Å². The minimum Gasteiger partial charge on any atom is -0.272 e. The number of nitrogens with zero attached hydrogens (tertiary/aromatic N) is 2. The van der Waals surface area contributed by atoms with Crippen molar-refractivity contribution in [3.63, 3.8) is 0 Å². The van der Waals surface area contributed by atoms with E-state index in [1.165, 1.54) is 10.2 Å². The molecular formula is C17H14N2O. The molecule has 3 aromatic rings. The normalized spacial score (nSPS) is 10.4. The van der Waals surface area contributed by atoms with E-state index in [0.29, 0.717) is 6.42 Å². The number of hydrogen-bond acceptors (Lipinski definition) is 2. The van der Waals surface area contributed by atoms with E-state index in [4.69, 9.17) is 0 Å². The standard InChI is InChI=1S/C17H14N2O/c20-17(19-12-4-11-18-19)13-14-7-9-16(10-8-14)15-5-2-1-3-6-15/h1-12H,13H2. The Labute approximate surface area is 117 Å². The molecule has 0 fully saturated rings. The summed E-state index contributed by atoms with van der Waals surface area (Å²) in [5.74, 6) is -0.0255. The van der Waals surface area contributed by atoms with Gasteiger partial charge in [0.25, 0.3) is 5.91 Å². The molecule has 0 spiro atoms. The molecule has 0 amide bonds. The highest BCUT2D eigenvalue weighted by molar-refractivity contribution is 5.80. The van der Waals surface area contributed by atoms with Crippen molar-refractivity contribution in [3.05, 3.63) is 78.6 Å². The van der Waals surface area contributed by atoms with Crippen molar-refractivity contribution in [2.45, 2.75) is 6.42 Å². The summed E-state index contributed by atoms with van der Waals surface area (Å²) >= 11 is 0. The Kier molecular flexibility index (Phi) is 3.42. The molecule has 0 aliphatic carbocycles. The molecule has 1 aromatic heterocycles. The molecule has 0 N–H and O–H groups in total. The third-order valence-corrected chi connectivity index (χ3v) is 3.18. The van der Waals surface area contributed by atoms with Gasteiger partial charge >= 0.3 is 0 Å². The average molecular weight is 262 g/mol. The molecule has 0 aliphatic heterocycles.